The van der Waals surface area contributed by atoms with E-state index in [0.29, 0.717) is 0 Å². The van der Waals surface area contributed by atoms with Gasteiger partial charge < -0.3 is 20.1 Å². The van der Waals surface area contributed by atoms with Gasteiger partial charge in [-0.1, -0.05) is 13.8 Å². The average molecular weight is 451 g/mol. The van der Waals surface area contributed by atoms with Crippen molar-refractivity contribution in [1.29, 1.82) is 0 Å². The summed E-state index contributed by atoms with van der Waals surface area (Å²) in [7, 11) is 0. The Balaban J connectivity index is 1.16. The molecule has 2 aromatic rings. The number of carbonyl (C=O) groups excluding carboxylic acids is 2. The van der Waals surface area contributed by atoms with Crippen LogP contribution in [-0.2, 0) is 16.1 Å². The monoisotopic (exact) mass is 450 g/mol. The van der Waals surface area contributed by atoms with Crippen molar-refractivity contribution in [2.24, 2.45) is 23.2 Å². The summed E-state index contributed by atoms with van der Waals surface area (Å²) in [5, 5.41) is 7.07. The van der Waals surface area contributed by atoms with Crippen LogP contribution in [0.15, 0.2) is 30.5 Å². The van der Waals surface area contributed by atoms with E-state index in [1.165, 1.54) is 24.8 Å². The lowest BCUT2D eigenvalue weighted by Gasteiger charge is -2.55. The van der Waals surface area contributed by atoms with E-state index in [2.05, 4.69) is 52.3 Å². The molecule has 0 atom stereocenters. The molecule has 2 N–H and O–H groups in total. The molecule has 6 rings (SSSR count). The molecule has 1 aromatic heterocycles. The fraction of sp³-hybridized carbons (Fsp3) is 0.630. The molecular weight excluding hydrogens is 412 g/mol. The zero-order valence-corrected chi connectivity index (χ0v) is 20.1. The van der Waals surface area contributed by atoms with Crippen molar-refractivity contribution < 1.29 is 9.59 Å². The summed E-state index contributed by atoms with van der Waals surface area (Å²) in [6, 6.07) is 8.14. The van der Waals surface area contributed by atoms with Gasteiger partial charge in [-0.2, -0.15) is 0 Å². The molecule has 6 nitrogen and oxygen atoms in total. The number of hydrogen-bond acceptors (Lipinski definition) is 3. The zero-order valence-electron chi connectivity index (χ0n) is 20.1. The van der Waals surface area contributed by atoms with E-state index in [4.69, 9.17) is 0 Å². The topological polar surface area (TPSA) is 66.4 Å². The van der Waals surface area contributed by atoms with E-state index in [9.17, 15) is 9.59 Å². The standard InChI is InChI=1S/C27H38N4O2/c1-3-30(4-2)9-10-31-8-7-22-14-23(5-6-24(22)31)29-25(32)18-28-26(33)27-15-19-11-20(16-27)13-21(12-19)17-27/h5-8,14,19-21H,3-4,9-13,15-18H2,1-2H3,(H,28,33)(H,29,32). The highest BCUT2D eigenvalue weighted by atomic mass is 16.2. The fourth-order valence-electron chi connectivity index (χ4n) is 7.20. The normalized spacial score (nSPS) is 27.9. The minimum absolute atomic E-state index is 0.0451. The maximum atomic E-state index is 13.1. The Labute approximate surface area is 197 Å². The van der Waals surface area contributed by atoms with Crippen molar-refractivity contribution in [3.63, 3.8) is 0 Å². The lowest BCUT2D eigenvalue weighted by atomic mass is 9.49. The first-order chi connectivity index (χ1) is 16.0. The summed E-state index contributed by atoms with van der Waals surface area (Å²) in [4.78, 5) is 28.1. The summed E-state index contributed by atoms with van der Waals surface area (Å²) < 4.78 is 2.27. The van der Waals surface area contributed by atoms with Gasteiger partial charge in [-0.3, -0.25) is 9.59 Å². The number of aromatic nitrogens is 1. The minimum Gasteiger partial charge on any atom is -0.347 e. The highest BCUT2D eigenvalue weighted by Gasteiger charge is 2.54. The molecule has 0 unspecified atom stereocenters. The summed E-state index contributed by atoms with van der Waals surface area (Å²) in [5.41, 5.74) is 1.75. The molecule has 4 saturated carbocycles. The smallest absolute Gasteiger partial charge is 0.243 e. The Morgan fingerprint density at radius 2 is 1.70 bits per heavy atom. The van der Waals surface area contributed by atoms with Gasteiger partial charge in [-0.05, 0) is 93.6 Å². The molecule has 178 valence electrons. The molecule has 1 heterocycles. The molecule has 0 spiro atoms. The van der Waals surface area contributed by atoms with Gasteiger partial charge in [0.15, 0.2) is 0 Å². The molecule has 33 heavy (non-hydrogen) atoms. The number of nitrogens with zero attached hydrogens (tertiary/aromatic N) is 2. The zero-order chi connectivity index (χ0) is 23.0. The number of anilines is 1. The first-order valence-corrected chi connectivity index (χ1v) is 12.9. The number of rotatable bonds is 9. The van der Waals surface area contributed by atoms with E-state index < -0.39 is 0 Å². The van der Waals surface area contributed by atoms with Crippen molar-refractivity contribution >= 4 is 28.4 Å². The van der Waals surface area contributed by atoms with Crippen LogP contribution in [0.1, 0.15) is 52.4 Å². The first-order valence-electron chi connectivity index (χ1n) is 12.9. The summed E-state index contributed by atoms with van der Waals surface area (Å²) in [6.45, 7) is 8.53. The Morgan fingerprint density at radius 1 is 1.03 bits per heavy atom. The molecule has 4 aliphatic carbocycles. The Kier molecular flexibility index (Phi) is 6.21. The highest BCUT2D eigenvalue weighted by molar-refractivity contribution is 5.97. The van der Waals surface area contributed by atoms with Crippen LogP contribution >= 0.6 is 0 Å². The first kappa shape index (κ1) is 22.5. The molecule has 0 saturated heterocycles. The molecular formula is C27H38N4O2. The second kappa shape index (κ2) is 9.13. The number of amides is 2. The van der Waals surface area contributed by atoms with E-state index in [1.807, 2.05) is 12.1 Å². The van der Waals surface area contributed by atoms with Crippen molar-refractivity contribution in [1.82, 2.24) is 14.8 Å². The molecule has 2 amide bonds. The number of benzene rings is 1. The Bertz CT molecular complexity index is 987. The van der Waals surface area contributed by atoms with Gasteiger partial charge in [-0.15, -0.1) is 0 Å². The number of carbonyl (C=O) groups is 2. The van der Waals surface area contributed by atoms with Gasteiger partial charge in [0.25, 0.3) is 0 Å². The van der Waals surface area contributed by atoms with Gasteiger partial charge in [0.1, 0.15) is 0 Å². The SMILES string of the molecule is CCN(CC)CCn1ccc2cc(NC(=O)CNC(=O)C34CC5CC(CC(C5)C3)C4)ccc21. The van der Waals surface area contributed by atoms with Crippen molar-refractivity contribution in [3.05, 3.63) is 30.5 Å². The van der Waals surface area contributed by atoms with Gasteiger partial charge in [0.2, 0.25) is 11.8 Å². The minimum atomic E-state index is -0.206. The third kappa shape index (κ3) is 4.54. The van der Waals surface area contributed by atoms with Crippen LogP contribution in [0.2, 0.25) is 0 Å². The number of hydrogen-bond donors (Lipinski definition) is 2. The third-order valence-corrected chi connectivity index (χ3v) is 8.54. The second-order valence-electron chi connectivity index (χ2n) is 10.7. The average Bonchev–Trinajstić information content (AvgIpc) is 3.19. The molecule has 0 aliphatic heterocycles. The van der Waals surface area contributed by atoms with Gasteiger partial charge in [0.05, 0.1) is 6.54 Å². The highest BCUT2D eigenvalue weighted by Crippen LogP contribution is 2.60. The van der Waals surface area contributed by atoms with Gasteiger partial charge in [0, 0.05) is 41.3 Å². The van der Waals surface area contributed by atoms with Crippen LogP contribution in [-0.4, -0.2) is 47.5 Å². The van der Waals surface area contributed by atoms with E-state index >= 15 is 0 Å². The number of likely N-dealkylation sites (N-methyl/N-ethyl adjacent to an activating group) is 1. The lowest BCUT2D eigenvalue weighted by molar-refractivity contribution is -0.146. The van der Waals surface area contributed by atoms with E-state index in [1.54, 1.807) is 0 Å². The van der Waals surface area contributed by atoms with Crippen LogP contribution in [0.25, 0.3) is 10.9 Å². The van der Waals surface area contributed by atoms with Gasteiger partial charge >= 0.3 is 0 Å². The number of nitrogens with one attached hydrogen (secondary N) is 2. The Morgan fingerprint density at radius 3 is 2.33 bits per heavy atom. The molecule has 4 aliphatic rings. The Hall–Kier alpha value is -2.34. The summed E-state index contributed by atoms with van der Waals surface area (Å²) in [5.74, 6) is 2.12. The summed E-state index contributed by atoms with van der Waals surface area (Å²) in [6.07, 6.45) is 9.12. The van der Waals surface area contributed by atoms with Crippen molar-refractivity contribution in [2.45, 2.75) is 58.9 Å². The maximum Gasteiger partial charge on any atom is 0.243 e. The lowest BCUT2D eigenvalue weighted by Crippen LogP contribution is -2.54. The van der Waals surface area contributed by atoms with Crippen LogP contribution in [0, 0.1) is 23.2 Å². The maximum absolute atomic E-state index is 13.1. The van der Waals surface area contributed by atoms with Crippen molar-refractivity contribution in [3.8, 4) is 0 Å². The quantitative estimate of drug-likeness (QED) is 0.600. The van der Waals surface area contributed by atoms with E-state index in [0.717, 1.165) is 74.3 Å². The van der Waals surface area contributed by atoms with Gasteiger partial charge in [-0.25, -0.2) is 0 Å². The van der Waals surface area contributed by atoms with Crippen LogP contribution in [0.5, 0.6) is 0 Å². The molecule has 6 heteroatoms. The fourth-order valence-corrected chi connectivity index (χ4v) is 7.20. The van der Waals surface area contributed by atoms with Crippen LogP contribution in [0.3, 0.4) is 0 Å². The largest absolute Gasteiger partial charge is 0.347 e. The predicted octanol–water partition coefficient (Wildman–Crippen LogP) is 4.25. The second-order valence-corrected chi connectivity index (χ2v) is 10.7. The van der Waals surface area contributed by atoms with Crippen molar-refractivity contribution in [2.75, 3.05) is 31.5 Å². The van der Waals surface area contributed by atoms with Crippen LogP contribution < -0.4 is 10.6 Å². The molecule has 0 radical (unpaired) electrons. The molecule has 4 bridgehead atoms. The summed E-state index contributed by atoms with van der Waals surface area (Å²) >= 11 is 0. The predicted molar refractivity (Wildman–Crippen MR) is 132 cm³/mol. The van der Waals surface area contributed by atoms with E-state index in [-0.39, 0.29) is 23.8 Å². The number of fused-ring (bicyclic) bond motifs is 1. The third-order valence-electron chi connectivity index (χ3n) is 8.54. The molecule has 4 fully saturated rings. The molecule has 1 aromatic carbocycles. The van der Waals surface area contributed by atoms with Crippen LogP contribution in [0.4, 0.5) is 5.69 Å².